The van der Waals surface area contributed by atoms with Gasteiger partial charge in [-0.05, 0) is 19.1 Å². The van der Waals surface area contributed by atoms with E-state index in [1.807, 2.05) is 0 Å². The van der Waals surface area contributed by atoms with Crippen molar-refractivity contribution in [3.05, 3.63) is 29.8 Å². The molecule has 0 atom stereocenters. The maximum absolute atomic E-state index is 13.4. The molecule has 1 aromatic rings. The van der Waals surface area contributed by atoms with E-state index in [9.17, 15) is 23.2 Å². The van der Waals surface area contributed by atoms with Crippen LogP contribution >= 0.6 is 0 Å². The Morgan fingerprint density at radius 2 is 1.70 bits per heavy atom. The number of rotatable bonds is 3. The average Bonchev–Trinajstić information content (AvgIpc) is 2.37. The summed E-state index contributed by atoms with van der Waals surface area (Å²) in [7, 11) is 0. The van der Waals surface area contributed by atoms with Crippen LogP contribution in [-0.4, -0.2) is 23.8 Å². The van der Waals surface area contributed by atoms with Crippen LogP contribution in [0.3, 0.4) is 0 Å². The molecule has 0 aliphatic rings. The maximum atomic E-state index is 13.4. The highest BCUT2D eigenvalue weighted by molar-refractivity contribution is 6.34. The zero-order chi connectivity index (χ0) is 15.3. The lowest BCUT2D eigenvalue weighted by Gasteiger charge is -2.17. The first kappa shape index (κ1) is 15.3. The zero-order valence-electron chi connectivity index (χ0n) is 10.3. The molecule has 1 rings (SSSR count). The number of aryl methyl sites for hydroxylation is 1. The van der Waals surface area contributed by atoms with Crippen LogP contribution in [0.15, 0.2) is 24.3 Å². The zero-order valence-corrected chi connectivity index (χ0v) is 10.3. The van der Waals surface area contributed by atoms with Crippen LogP contribution in [0.25, 0.3) is 0 Å². The molecule has 0 aliphatic heterocycles. The molecule has 0 radical (unpaired) electrons. The first-order valence-corrected chi connectivity index (χ1v) is 5.26. The second-order valence-corrected chi connectivity index (χ2v) is 3.70. The minimum absolute atomic E-state index is 0.239. The summed E-state index contributed by atoms with van der Waals surface area (Å²) in [6.07, 6.45) is -4.24. The number of carbonyl (C=O) groups is 3. The Labute approximate surface area is 112 Å². The number of amides is 3. The fourth-order valence-corrected chi connectivity index (χ4v) is 1.05. The van der Waals surface area contributed by atoms with Crippen molar-refractivity contribution in [2.45, 2.75) is 13.0 Å². The van der Waals surface area contributed by atoms with Gasteiger partial charge in [0.25, 0.3) is 0 Å². The van der Waals surface area contributed by atoms with Gasteiger partial charge in [-0.2, -0.15) is 8.78 Å². The number of benzene rings is 1. The fraction of sp³-hybridized carbons (Fsp3) is 0.182. The molecule has 0 aromatic heterocycles. The Balaban J connectivity index is 2.63. The van der Waals surface area contributed by atoms with Gasteiger partial charge in [0.15, 0.2) is 0 Å². The summed E-state index contributed by atoms with van der Waals surface area (Å²) in [5, 5.41) is 0. The van der Waals surface area contributed by atoms with Crippen molar-refractivity contribution >= 4 is 17.7 Å². The third-order valence-corrected chi connectivity index (χ3v) is 2.04. The molecule has 0 bridgehead atoms. The molecule has 0 saturated carbocycles. The van der Waals surface area contributed by atoms with Crippen molar-refractivity contribution in [1.29, 1.82) is 0 Å². The molecule has 0 saturated heterocycles. The van der Waals surface area contributed by atoms with Crippen molar-refractivity contribution in [1.82, 2.24) is 10.9 Å². The molecule has 108 valence electrons. The van der Waals surface area contributed by atoms with Crippen molar-refractivity contribution < 1.29 is 27.9 Å². The van der Waals surface area contributed by atoms with Gasteiger partial charge in [-0.3, -0.25) is 25.2 Å². The fourth-order valence-electron chi connectivity index (χ4n) is 1.05. The van der Waals surface area contributed by atoms with Crippen molar-refractivity contribution in [3.63, 3.8) is 0 Å². The monoisotopic (exact) mass is 287 g/mol. The molecule has 3 amide bonds. The smallest absolute Gasteiger partial charge is 0.425 e. The van der Waals surface area contributed by atoms with E-state index >= 15 is 0 Å². The quantitative estimate of drug-likeness (QED) is 0.519. The number of halogens is 2. The van der Waals surface area contributed by atoms with E-state index in [0.29, 0.717) is 0 Å². The predicted molar refractivity (Wildman–Crippen MR) is 62.2 cm³/mol. The topological polar surface area (TPSA) is 111 Å². The number of hydrogen-bond donors (Lipinski definition) is 3. The molecular weight excluding hydrogens is 276 g/mol. The summed E-state index contributed by atoms with van der Waals surface area (Å²) in [5.41, 5.74) is 8.10. The summed E-state index contributed by atoms with van der Waals surface area (Å²) < 4.78 is 30.9. The Hall–Kier alpha value is -2.71. The van der Waals surface area contributed by atoms with Gasteiger partial charge in [-0.25, -0.2) is 0 Å². The molecule has 20 heavy (non-hydrogen) atoms. The second-order valence-electron chi connectivity index (χ2n) is 3.70. The number of ether oxygens (including phenoxy) is 1. The van der Waals surface area contributed by atoms with E-state index in [4.69, 9.17) is 0 Å². The van der Waals surface area contributed by atoms with E-state index in [2.05, 4.69) is 10.5 Å². The van der Waals surface area contributed by atoms with Gasteiger partial charge < -0.3 is 10.5 Å². The Bertz CT molecular complexity index is 531. The highest BCUT2D eigenvalue weighted by Gasteiger charge is 2.42. The van der Waals surface area contributed by atoms with Gasteiger partial charge in [-0.1, -0.05) is 17.7 Å². The van der Waals surface area contributed by atoms with Gasteiger partial charge in [0.05, 0.1) is 0 Å². The second kappa shape index (κ2) is 5.95. The number of primary amides is 1. The molecule has 1 aromatic carbocycles. The van der Waals surface area contributed by atoms with Crippen molar-refractivity contribution in [2.75, 3.05) is 0 Å². The molecule has 4 N–H and O–H groups in total. The number of nitrogens with one attached hydrogen (secondary N) is 2. The van der Waals surface area contributed by atoms with E-state index in [-0.39, 0.29) is 5.75 Å². The molecule has 0 spiro atoms. The van der Waals surface area contributed by atoms with Gasteiger partial charge in [0.1, 0.15) is 5.75 Å². The number of hydrogen-bond acceptors (Lipinski definition) is 4. The summed E-state index contributed by atoms with van der Waals surface area (Å²) in [6.45, 7) is 1.74. The van der Waals surface area contributed by atoms with E-state index in [1.165, 1.54) is 35.1 Å². The molecule has 0 fully saturated rings. The SMILES string of the molecule is Cc1ccc(OC(F)(F)C(=O)NNC(=O)C(N)=O)cc1. The maximum Gasteiger partial charge on any atom is 0.484 e. The van der Waals surface area contributed by atoms with Crippen molar-refractivity contribution in [2.24, 2.45) is 5.73 Å². The normalized spacial score (nSPS) is 10.6. The molecular formula is C11H11F2N3O4. The van der Waals surface area contributed by atoms with Crippen LogP contribution in [-0.2, 0) is 14.4 Å². The molecule has 0 heterocycles. The Morgan fingerprint density at radius 3 is 2.20 bits per heavy atom. The first-order chi connectivity index (χ1) is 9.22. The summed E-state index contributed by atoms with van der Waals surface area (Å²) in [6, 6.07) is 5.52. The number of hydrazine groups is 1. The van der Waals surface area contributed by atoms with E-state index in [1.54, 1.807) is 6.92 Å². The van der Waals surface area contributed by atoms with Crippen LogP contribution in [0.2, 0.25) is 0 Å². The van der Waals surface area contributed by atoms with Crippen molar-refractivity contribution in [3.8, 4) is 5.75 Å². The lowest BCUT2D eigenvalue weighted by atomic mass is 10.2. The highest BCUT2D eigenvalue weighted by atomic mass is 19.3. The van der Waals surface area contributed by atoms with Gasteiger partial charge in [0.2, 0.25) is 0 Å². The van der Waals surface area contributed by atoms with Crippen LogP contribution in [0.4, 0.5) is 8.78 Å². The Morgan fingerprint density at radius 1 is 1.15 bits per heavy atom. The van der Waals surface area contributed by atoms with Gasteiger partial charge >= 0.3 is 23.8 Å². The lowest BCUT2D eigenvalue weighted by molar-refractivity contribution is -0.194. The van der Waals surface area contributed by atoms with Crippen LogP contribution in [0, 0.1) is 6.92 Å². The largest absolute Gasteiger partial charge is 0.484 e. The van der Waals surface area contributed by atoms with E-state index in [0.717, 1.165) is 5.56 Å². The number of alkyl halides is 2. The van der Waals surface area contributed by atoms with Crippen LogP contribution in [0.5, 0.6) is 5.75 Å². The summed E-state index contributed by atoms with van der Waals surface area (Å²) in [4.78, 5) is 32.1. The average molecular weight is 287 g/mol. The van der Waals surface area contributed by atoms with Gasteiger partial charge in [0, 0.05) is 0 Å². The minimum Gasteiger partial charge on any atom is -0.425 e. The molecule has 9 heteroatoms. The van der Waals surface area contributed by atoms with Crippen LogP contribution in [0.1, 0.15) is 5.56 Å². The third-order valence-electron chi connectivity index (χ3n) is 2.04. The predicted octanol–water partition coefficient (Wildman–Crippen LogP) is -0.401. The van der Waals surface area contributed by atoms with E-state index < -0.39 is 23.8 Å². The summed E-state index contributed by atoms with van der Waals surface area (Å²) in [5.74, 6) is -5.07. The van der Waals surface area contributed by atoms with Crippen LogP contribution < -0.4 is 21.3 Å². The molecule has 0 aliphatic carbocycles. The third kappa shape index (κ3) is 4.19. The molecule has 0 unspecified atom stereocenters. The number of nitrogens with two attached hydrogens (primary N) is 1. The first-order valence-electron chi connectivity index (χ1n) is 5.26. The lowest BCUT2D eigenvalue weighted by Crippen LogP contribution is -2.54. The Kier molecular flexibility index (Phi) is 4.57. The van der Waals surface area contributed by atoms with Gasteiger partial charge in [-0.15, -0.1) is 0 Å². The highest BCUT2D eigenvalue weighted by Crippen LogP contribution is 2.21. The number of carbonyl (C=O) groups excluding carboxylic acids is 3. The minimum atomic E-state index is -4.24. The molecule has 7 nitrogen and oxygen atoms in total. The standard InChI is InChI=1S/C11H11F2N3O4/c1-6-2-4-7(5-3-6)20-11(12,13)10(19)16-15-9(18)8(14)17/h2-5H,1H3,(H2,14,17)(H,15,18)(H,16,19). The summed E-state index contributed by atoms with van der Waals surface area (Å²) >= 11 is 0.